The molecule has 8 nitrogen and oxygen atoms in total. The summed E-state index contributed by atoms with van der Waals surface area (Å²) in [6.07, 6.45) is 11.1. The number of piperidine rings is 1. The predicted octanol–water partition coefficient (Wildman–Crippen LogP) is 2.18. The van der Waals surface area contributed by atoms with Gasteiger partial charge in [0.1, 0.15) is 0 Å². The predicted molar refractivity (Wildman–Crippen MR) is 104 cm³/mol. The average molecular weight is 381 g/mol. The zero-order valence-electron chi connectivity index (χ0n) is 16.1. The summed E-state index contributed by atoms with van der Waals surface area (Å²) in [5.74, 6) is 2.03. The Balaban J connectivity index is 1.30. The maximum atomic E-state index is 10.8. The number of likely N-dealkylation sites (tertiary alicyclic amines) is 1. The van der Waals surface area contributed by atoms with Crippen molar-refractivity contribution in [1.29, 1.82) is 0 Å². The van der Waals surface area contributed by atoms with Crippen molar-refractivity contribution in [2.45, 2.75) is 56.5 Å². The molecule has 8 heteroatoms. The third-order valence-corrected chi connectivity index (χ3v) is 6.27. The van der Waals surface area contributed by atoms with Crippen molar-refractivity contribution >= 4 is 5.65 Å². The molecule has 1 aliphatic heterocycles. The molecule has 0 aromatic carbocycles. The first kappa shape index (κ1) is 17.8. The second-order valence-corrected chi connectivity index (χ2v) is 8.31. The number of aromatic nitrogens is 6. The van der Waals surface area contributed by atoms with Gasteiger partial charge in [0.05, 0.1) is 5.60 Å². The summed E-state index contributed by atoms with van der Waals surface area (Å²) in [6, 6.07) is 5.73. The minimum absolute atomic E-state index is 0.340. The van der Waals surface area contributed by atoms with Crippen molar-refractivity contribution in [3.63, 3.8) is 0 Å². The van der Waals surface area contributed by atoms with E-state index in [1.54, 1.807) is 10.9 Å². The number of hydrogen-bond donors (Lipinski definition) is 1. The first-order chi connectivity index (χ1) is 13.7. The van der Waals surface area contributed by atoms with Crippen molar-refractivity contribution in [3.8, 4) is 5.82 Å². The third-order valence-electron chi connectivity index (χ3n) is 6.27. The summed E-state index contributed by atoms with van der Waals surface area (Å²) >= 11 is 0. The number of nitrogens with zero attached hydrogens (tertiary/aromatic N) is 7. The van der Waals surface area contributed by atoms with E-state index in [-0.39, 0.29) is 0 Å². The van der Waals surface area contributed by atoms with E-state index in [0.717, 1.165) is 75.4 Å². The minimum Gasteiger partial charge on any atom is -0.389 e. The monoisotopic (exact) mass is 381 g/mol. The van der Waals surface area contributed by atoms with Crippen LogP contribution in [0.3, 0.4) is 0 Å². The van der Waals surface area contributed by atoms with Crippen LogP contribution in [0.15, 0.2) is 30.6 Å². The molecule has 1 saturated heterocycles. The number of β-amino-alcohol motifs (C(OH)–C–C–N with tert-alkyl or cyclic N) is 1. The lowest BCUT2D eigenvalue weighted by Crippen LogP contribution is -2.47. The zero-order chi connectivity index (χ0) is 19.0. The Morgan fingerprint density at radius 3 is 2.64 bits per heavy atom. The highest BCUT2D eigenvalue weighted by Crippen LogP contribution is 2.32. The van der Waals surface area contributed by atoms with Gasteiger partial charge in [0.2, 0.25) is 0 Å². The molecule has 2 fully saturated rings. The summed E-state index contributed by atoms with van der Waals surface area (Å²) in [6.45, 7) is 2.78. The SMILES string of the molecule is OC1(CN2CCC(c3nnc4ccc(-n5cccn5)nn34)CC2)CCCCC1. The topological polar surface area (TPSA) is 84.4 Å². The first-order valence-corrected chi connectivity index (χ1v) is 10.4. The second-order valence-electron chi connectivity index (χ2n) is 8.31. The lowest BCUT2D eigenvalue weighted by atomic mass is 9.84. The van der Waals surface area contributed by atoms with Crippen molar-refractivity contribution < 1.29 is 5.11 Å². The molecule has 0 radical (unpaired) electrons. The molecule has 148 valence electrons. The molecule has 1 saturated carbocycles. The van der Waals surface area contributed by atoms with Crippen molar-refractivity contribution in [2.75, 3.05) is 19.6 Å². The van der Waals surface area contributed by atoms with Gasteiger partial charge in [-0.15, -0.1) is 15.3 Å². The Labute approximate surface area is 164 Å². The quantitative estimate of drug-likeness (QED) is 0.746. The van der Waals surface area contributed by atoms with Gasteiger partial charge in [-0.2, -0.15) is 9.61 Å². The minimum atomic E-state index is -0.479. The molecule has 0 unspecified atom stereocenters. The summed E-state index contributed by atoms with van der Waals surface area (Å²) in [7, 11) is 0. The first-order valence-electron chi connectivity index (χ1n) is 10.4. The van der Waals surface area contributed by atoms with Gasteiger partial charge < -0.3 is 10.0 Å². The van der Waals surface area contributed by atoms with Crippen molar-refractivity contribution in [3.05, 3.63) is 36.4 Å². The van der Waals surface area contributed by atoms with Crippen LogP contribution in [-0.4, -0.2) is 64.8 Å². The van der Waals surface area contributed by atoms with Gasteiger partial charge >= 0.3 is 0 Å². The molecule has 0 bridgehead atoms. The normalized spacial score (nSPS) is 21.3. The molecule has 3 aromatic heterocycles. The number of fused-ring (bicyclic) bond motifs is 1. The second kappa shape index (κ2) is 7.25. The van der Waals surface area contributed by atoms with Gasteiger partial charge in [-0.25, -0.2) is 4.68 Å². The van der Waals surface area contributed by atoms with Gasteiger partial charge in [0.15, 0.2) is 17.3 Å². The van der Waals surface area contributed by atoms with Gasteiger partial charge in [-0.3, -0.25) is 0 Å². The van der Waals surface area contributed by atoms with Gasteiger partial charge in [0, 0.05) is 24.9 Å². The fourth-order valence-corrected chi connectivity index (χ4v) is 4.71. The Kier molecular flexibility index (Phi) is 4.60. The molecular formula is C20H27N7O. The Hall–Kier alpha value is -2.32. The van der Waals surface area contributed by atoms with E-state index in [1.807, 2.05) is 28.9 Å². The van der Waals surface area contributed by atoms with E-state index in [4.69, 9.17) is 5.10 Å². The molecule has 1 aliphatic carbocycles. The molecule has 2 aliphatic rings. The van der Waals surface area contributed by atoms with Crippen molar-refractivity contribution in [2.24, 2.45) is 0 Å². The highest BCUT2D eigenvalue weighted by atomic mass is 16.3. The van der Waals surface area contributed by atoms with Crippen LogP contribution in [-0.2, 0) is 0 Å². The molecule has 0 amide bonds. The molecular weight excluding hydrogens is 354 g/mol. The van der Waals surface area contributed by atoms with Gasteiger partial charge in [-0.05, 0) is 57.0 Å². The summed E-state index contributed by atoms with van der Waals surface area (Å²) in [5, 5.41) is 28.6. The van der Waals surface area contributed by atoms with E-state index in [1.165, 1.54) is 6.42 Å². The molecule has 1 N–H and O–H groups in total. The van der Waals surface area contributed by atoms with Crippen LogP contribution in [0.2, 0.25) is 0 Å². The lowest BCUT2D eigenvalue weighted by molar-refractivity contribution is -0.0309. The lowest BCUT2D eigenvalue weighted by Gasteiger charge is -2.39. The smallest absolute Gasteiger partial charge is 0.178 e. The van der Waals surface area contributed by atoms with E-state index >= 15 is 0 Å². The fourth-order valence-electron chi connectivity index (χ4n) is 4.71. The number of rotatable bonds is 4. The van der Waals surface area contributed by atoms with E-state index in [9.17, 15) is 5.11 Å². The average Bonchev–Trinajstić information content (AvgIpc) is 3.38. The highest BCUT2D eigenvalue weighted by molar-refractivity contribution is 5.39. The van der Waals surface area contributed by atoms with Gasteiger partial charge in [-0.1, -0.05) is 19.3 Å². The molecule has 0 atom stereocenters. The largest absolute Gasteiger partial charge is 0.389 e. The third kappa shape index (κ3) is 3.42. The molecule has 3 aromatic rings. The summed E-state index contributed by atoms with van der Waals surface area (Å²) in [5.41, 5.74) is 0.289. The van der Waals surface area contributed by atoms with Crippen LogP contribution in [0, 0.1) is 0 Å². The Morgan fingerprint density at radius 1 is 1.07 bits per heavy atom. The number of aliphatic hydroxyl groups is 1. The van der Waals surface area contributed by atoms with Crippen LogP contribution in [0.4, 0.5) is 0 Å². The van der Waals surface area contributed by atoms with Crippen molar-refractivity contribution in [1.82, 2.24) is 34.5 Å². The molecule has 28 heavy (non-hydrogen) atoms. The van der Waals surface area contributed by atoms with E-state index in [2.05, 4.69) is 20.2 Å². The molecule has 0 spiro atoms. The van der Waals surface area contributed by atoms with Crippen LogP contribution < -0.4 is 0 Å². The molecule has 4 heterocycles. The maximum absolute atomic E-state index is 10.8. The van der Waals surface area contributed by atoms with Crippen LogP contribution in [0.1, 0.15) is 56.7 Å². The number of hydrogen-bond acceptors (Lipinski definition) is 6. The van der Waals surface area contributed by atoms with Crippen LogP contribution in [0.25, 0.3) is 11.5 Å². The molecule has 5 rings (SSSR count). The Morgan fingerprint density at radius 2 is 1.89 bits per heavy atom. The summed E-state index contributed by atoms with van der Waals surface area (Å²) < 4.78 is 3.61. The fraction of sp³-hybridized carbons (Fsp3) is 0.600. The van der Waals surface area contributed by atoms with E-state index < -0.39 is 5.60 Å². The Bertz CT molecular complexity index is 921. The zero-order valence-corrected chi connectivity index (χ0v) is 16.1. The summed E-state index contributed by atoms with van der Waals surface area (Å²) in [4.78, 5) is 2.42. The maximum Gasteiger partial charge on any atom is 0.178 e. The van der Waals surface area contributed by atoms with Crippen LogP contribution in [0.5, 0.6) is 0 Å². The van der Waals surface area contributed by atoms with E-state index in [0.29, 0.717) is 5.92 Å². The standard InChI is InChI=1S/C20H27N7O/c28-20(9-2-1-3-10-20)15-25-13-7-16(8-14-25)19-23-22-17-5-6-18(24-27(17)19)26-12-4-11-21-26/h4-6,11-12,16,28H,1-3,7-10,13-15H2. The van der Waals surface area contributed by atoms with Crippen LogP contribution >= 0.6 is 0 Å². The highest BCUT2D eigenvalue weighted by Gasteiger charge is 2.33. The van der Waals surface area contributed by atoms with Gasteiger partial charge in [0.25, 0.3) is 0 Å².